The fourth-order valence-corrected chi connectivity index (χ4v) is 6.51. The van der Waals surface area contributed by atoms with Crippen LogP contribution in [0.1, 0.15) is 24.3 Å². The van der Waals surface area contributed by atoms with Crippen LogP contribution in [0.5, 0.6) is 0 Å². The number of amides is 1. The zero-order valence-electron chi connectivity index (χ0n) is 17.9. The Labute approximate surface area is 189 Å². The van der Waals surface area contributed by atoms with E-state index in [0.717, 1.165) is 12.8 Å². The average molecular weight is 487 g/mol. The molecule has 0 radical (unpaired) electrons. The summed E-state index contributed by atoms with van der Waals surface area (Å²) in [6.45, 7) is 5.20. The summed E-state index contributed by atoms with van der Waals surface area (Å²) in [4.78, 5) is 26.5. The normalized spacial score (nSPS) is 20.2. The largest absolute Gasteiger partial charge is 0.376 e. The first-order valence-corrected chi connectivity index (χ1v) is 12.8. The van der Waals surface area contributed by atoms with Crippen LogP contribution in [-0.2, 0) is 26.1 Å². The van der Waals surface area contributed by atoms with Crippen LogP contribution in [0.3, 0.4) is 0 Å². The molecule has 2 fully saturated rings. The highest BCUT2D eigenvalue weighted by Crippen LogP contribution is 2.24. The number of rotatable bonds is 7. The van der Waals surface area contributed by atoms with E-state index in [0.29, 0.717) is 24.0 Å². The molecule has 1 amide bonds. The number of aryl methyl sites for hydroxylation is 2. The van der Waals surface area contributed by atoms with Crippen molar-refractivity contribution in [3.8, 4) is 0 Å². The van der Waals surface area contributed by atoms with Gasteiger partial charge in [0.15, 0.2) is 10.9 Å². The molecule has 2 aliphatic heterocycles. The van der Waals surface area contributed by atoms with Crippen LogP contribution in [0.2, 0.25) is 0 Å². The molecule has 0 spiro atoms. The van der Waals surface area contributed by atoms with Crippen molar-refractivity contribution in [3.05, 3.63) is 21.9 Å². The Morgan fingerprint density at radius 1 is 1.25 bits per heavy atom. The molecule has 2 aromatic rings. The minimum Gasteiger partial charge on any atom is -0.376 e. The number of carbonyl (C=O) groups is 1. The van der Waals surface area contributed by atoms with Crippen LogP contribution < -0.4 is 5.69 Å². The number of piperazine rings is 1. The molecule has 0 bridgehead atoms. The van der Waals surface area contributed by atoms with E-state index < -0.39 is 10.0 Å². The maximum atomic E-state index is 12.9. The number of hydrogen-bond acceptors (Lipinski definition) is 9. The zero-order valence-corrected chi connectivity index (χ0v) is 19.6. The Kier molecular flexibility index (Phi) is 6.74. The van der Waals surface area contributed by atoms with Crippen molar-refractivity contribution in [3.63, 3.8) is 0 Å². The van der Waals surface area contributed by atoms with Crippen molar-refractivity contribution in [1.82, 2.24) is 29.1 Å². The smallest absolute Gasteiger partial charge is 0.344 e. The number of hydrogen-bond donors (Lipinski definition) is 1. The molecule has 1 N–H and O–H groups in total. The molecule has 4 rings (SSSR count). The minimum atomic E-state index is -3.73. The van der Waals surface area contributed by atoms with E-state index in [-0.39, 0.29) is 60.3 Å². The Morgan fingerprint density at radius 2 is 2.00 bits per heavy atom. The Balaban J connectivity index is 1.32. The van der Waals surface area contributed by atoms with Crippen LogP contribution in [0.15, 0.2) is 19.4 Å². The molecule has 1 unspecified atom stereocenters. The summed E-state index contributed by atoms with van der Waals surface area (Å²) in [5.74, 6) is 0.223. The van der Waals surface area contributed by atoms with Gasteiger partial charge < -0.3 is 14.2 Å². The van der Waals surface area contributed by atoms with E-state index in [1.54, 1.807) is 18.7 Å². The van der Waals surface area contributed by atoms with Crippen molar-refractivity contribution >= 4 is 27.7 Å². The summed E-state index contributed by atoms with van der Waals surface area (Å²) in [6, 6.07) is 0. The Hall–Kier alpha value is -2.16. The minimum absolute atomic E-state index is 0.0203. The first-order valence-electron chi connectivity index (χ1n) is 10.4. The third-order valence-electron chi connectivity index (χ3n) is 5.62. The lowest BCUT2D eigenvalue weighted by molar-refractivity contribution is -0.129. The summed E-state index contributed by atoms with van der Waals surface area (Å²) in [5, 5.41) is 10.6. The summed E-state index contributed by atoms with van der Waals surface area (Å²) in [7, 11) is -3.73. The van der Waals surface area contributed by atoms with E-state index in [1.165, 1.54) is 20.6 Å². The van der Waals surface area contributed by atoms with Gasteiger partial charge in [-0.3, -0.25) is 9.36 Å². The number of aromatic amines is 1. The summed E-state index contributed by atoms with van der Waals surface area (Å²) in [5.41, 5.74) is -0.000878. The number of thioether (sulfide) groups is 1. The molecule has 12 nitrogen and oxygen atoms in total. The summed E-state index contributed by atoms with van der Waals surface area (Å²) >= 11 is 1.18. The van der Waals surface area contributed by atoms with Gasteiger partial charge in [-0.25, -0.2) is 18.3 Å². The average Bonchev–Trinajstić information content (AvgIpc) is 3.49. The molecule has 1 atom stereocenters. The summed E-state index contributed by atoms with van der Waals surface area (Å²) in [6.07, 6.45) is 1.84. The first kappa shape index (κ1) is 23.0. The van der Waals surface area contributed by atoms with Crippen molar-refractivity contribution in [2.24, 2.45) is 0 Å². The molecule has 0 aromatic carbocycles. The topological polar surface area (TPSA) is 144 Å². The highest BCUT2D eigenvalue weighted by Gasteiger charge is 2.34. The second kappa shape index (κ2) is 9.37. The maximum Gasteiger partial charge on any atom is 0.344 e. The van der Waals surface area contributed by atoms with Gasteiger partial charge in [0.05, 0.1) is 18.4 Å². The monoisotopic (exact) mass is 486 g/mol. The molecule has 176 valence electrons. The van der Waals surface area contributed by atoms with E-state index in [9.17, 15) is 18.0 Å². The van der Waals surface area contributed by atoms with E-state index >= 15 is 0 Å². The third-order valence-corrected chi connectivity index (χ3v) is 8.72. The number of nitrogens with one attached hydrogen (secondary N) is 1. The summed E-state index contributed by atoms with van der Waals surface area (Å²) < 4.78 is 39.3. The van der Waals surface area contributed by atoms with E-state index in [1.807, 2.05) is 0 Å². The highest BCUT2D eigenvalue weighted by molar-refractivity contribution is 7.99. The molecule has 32 heavy (non-hydrogen) atoms. The molecule has 2 aromatic heterocycles. The van der Waals surface area contributed by atoms with Crippen LogP contribution in [0.4, 0.5) is 0 Å². The van der Waals surface area contributed by atoms with Gasteiger partial charge in [0.25, 0.3) is 0 Å². The highest BCUT2D eigenvalue weighted by atomic mass is 32.2. The van der Waals surface area contributed by atoms with Gasteiger partial charge in [0, 0.05) is 32.8 Å². The Bertz CT molecular complexity index is 1110. The van der Waals surface area contributed by atoms with Crippen molar-refractivity contribution < 1.29 is 22.5 Å². The molecule has 2 aliphatic rings. The predicted molar refractivity (Wildman–Crippen MR) is 114 cm³/mol. The van der Waals surface area contributed by atoms with Crippen LogP contribution in [-0.4, -0.2) is 88.1 Å². The van der Waals surface area contributed by atoms with Gasteiger partial charge in [-0.1, -0.05) is 16.9 Å². The number of nitrogens with zero attached hydrogens (tertiary/aromatic N) is 5. The molecule has 14 heteroatoms. The van der Waals surface area contributed by atoms with Gasteiger partial charge in [0.1, 0.15) is 10.6 Å². The van der Waals surface area contributed by atoms with Crippen LogP contribution >= 0.6 is 11.8 Å². The zero-order chi connectivity index (χ0) is 22.9. The first-order chi connectivity index (χ1) is 15.3. The Morgan fingerprint density at radius 3 is 2.62 bits per heavy atom. The van der Waals surface area contributed by atoms with Gasteiger partial charge >= 0.3 is 5.69 Å². The third kappa shape index (κ3) is 4.63. The predicted octanol–water partition coefficient (Wildman–Crippen LogP) is -0.0196. The van der Waals surface area contributed by atoms with Gasteiger partial charge in [-0.2, -0.15) is 4.31 Å². The van der Waals surface area contributed by atoms with E-state index in [4.69, 9.17) is 9.26 Å². The van der Waals surface area contributed by atoms with Gasteiger partial charge in [-0.05, 0) is 26.7 Å². The SMILES string of the molecule is Cc1noc(C)c1S(=O)(=O)N1CCN(C(=O)CSc2n[nH]c(=O)n2CC2CCCO2)CC1. The quantitative estimate of drug-likeness (QED) is 0.534. The molecular weight excluding hydrogens is 460 g/mol. The van der Waals surface area contributed by atoms with E-state index in [2.05, 4.69) is 15.4 Å². The second-order valence-corrected chi connectivity index (χ2v) is 10.6. The van der Waals surface area contributed by atoms with Crippen molar-refractivity contribution in [2.45, 2.75) is 49.4 Å². The lowest BCUT2D eigenvalue weighted by Crippen LogP contribution is -2.51. The number of ether oxygens (including phenoxy) is 1. The number of aromatic nitrogens is 4. The molecular formula is C18H26N6O6S2. The molecule has 4 heterocycles. The maximum absolute atomic E-state index is 12.9. The fraction of sp³-hybridized carbons (Fsp3) is 0.667. The number of H-pyrrole nitrogens is 1. The second-order valence-electron chi connectivity index (χ2n) is 7.78. The van der Waals surface area contributed by atoms with Gasteiger partial charge in [0.2, 0.25) is 15.9 Å². The standard InChI is InChI=1S/C18H26N6O6S2/c1-12-16(13(2)30-21-12)32(27,28)23-7-5-22(6-8-23)15(25)11-31-18-20-19-17(26)24(18)10-14-4-3-9-29-14/h14H,3-11H2,1-2H3,(H,19,26). The molecule has 0 aliphatic carbocycles. The number of sulfonamides is 1. The van der Waals surface area contributed by atoms with Crippen molar-refractivity contribution in [2.75, 3.05) is 38.5 Å². The molecule has 0 saturated carbocycles. The fourth-order valence-electron chi connectivity index (χ4n) is 3.93. The molecule has 2 saturated heterocycles. The van der Waals surface area contributed by atoms with Crippen molar-refractivity contribution in [1.29, 1.82) is 0 Å². The van der Waals surface area contributed by atoms with Gasteiger partial charge in [-0.15, -0.1) is 5.10 Å². The van der Waals surface area contributed by atoms with Crippen LogP contribution in [0.25, 0.3) is 0 Å². The lowest BCUT2D eigenvalue weighted by atomic mass is 10.2. The van der Waals surface area contributed by atoms with Crippen LogP contribution in [0, 0.1) is 13.8 Å². The lowest BCUT2D eigenvalue weighted by Gasteiger charge is -2.33. The number of carbonyl (C=O) groups excluding carboxylic acids is 1.